The summed E-state index contributed by atoms with van der Waals surface area (Å²) in [6.07, 6.45) is 3.60. The molecule has 2 atom stereocenters. The van der Waals surface area contributed by atoms with E-state index < -0.39 is 10.0 Å². The van der Waals surface area contributed by atoms with E-state index in [1.165, 1.54) is 30.6 Å². The number of nitrogens with zero attached hydrogens (tertiary/aromatic N) is 1. The van der Waals surface area contributed by atoms with Crippen molar-refractivity contribution in [3.05, 3.63) is 14.7 Å². The molecule has 1 aliphatic carbocycles. The van der Waals surface area contributed by atoms with Crippen LogP contribution in [0.1, 0.15) is 24.1 Å². The molecule has 4 nitrogen and oxygen atoms in total. The summed E-state index contributed by atoms with van der Waals surface area (Å²) < 4.78 is 27.7. The van der Waals surface area contributed by atoms with Gasteiger partial charge < -0.3 is 5.73 Å². The molecule has 2 heterocycles. The van der Waals surface area contributed by atoms with Gasteiger partial charge in [-0.2, -0.15) is 4.31 Å². The molecule has 1 aromatic rings. The van der Waals surface area contributed by atoms with Crippen molar-refractivity contribution in [1.29, 1.82) is 0 Å². The molecule has 0 spiro atoms. The Morgan fingerprint density at radius 1 is 1.37 bits per heavy atom. The van der Waals surface area contributed by atoms with E-state index >= 15 is 0 Å². The summed E-state index contributed by atoms with van der Waals surface area (Å²) in [5.41, 5.74) is 5.58. The van der Waals surface area contributed by atoms with Crippen molar-refractivity contribution in [2.75, 3.05) is 13.1 Å². The third kappa shape index (κ3) is 2.40. The zero-order chi connectivity index (χ0) is 13.6. The Morgan fingerprint density at radius 2 is 2.00 bits per heavy atom. The van der Waals surface area contributed by atoms with Crippen LogP contribution in [0.3, 0.4) is 0 Å². The van der Waals surface area contributed by atoms with Crippen LogP contribution in [0, 0.1) is 11.8 Å². The summed E-state index contributed by atoms with van der Waals surface area (Å²) in [7, 11) is -3.36. The highest BCUT2D eigenvalue weighted by Crippen LogP contribution is 2.41. The minimum Gasteiger partial charge on any atom is -0.326 e. The van der Waals surface area contributed by atoms with Crippen LogP contribution in [-0.4, -0.2) is 25.8 Å². The van der Waals surface area contributed by atoms with Gasteiger partial charge in [0.15, 0.2) is 0 Å². The van der Waals surface area contributed by atoms with Gasteiger partial charge in [0.05, 0.1) is 3.79 Å². The molecule has 1 saturated heterocycles. The number of hydrogen-bond donors (Lipinski definition) is 1. The molecule has 2 N–H and O–H groups in total. The van der Waals surface area contributed by atoms with Gasteiger partial charge in [-0.3, -0.25) is 0 Å². The Morgan fingerprint density at radius 3 is 2.53 bits per heavy atom. The number of fused-ring (bicyclic) bond motifs is 1. The maximum Gasteiger partial charge on any atom is 0.245 e. The van der Waals surface area contributed by atoms with Gasteiger partial charge in [-0.15, -0.1) is 11.3 Å². The third-order valence-electron chi connectivity index (χ3n) is 4.22. The molecule has 2 aliphatic rings. The van der Waals surface area contributed by atoms with E-state index in [1.54, 1.807) is 10.4 Å². The highest BCUT2D eigenvalue weighted by molar-refractivity contribution is 9.11. The molecule has 0 amide bonds. The lowest BCUT2D eigenvalue weighted by molar-refractivity contribution is 0.445. The highest BCUT2D eigenvalue weighted by atomic mass is 79.9. The van der Waals surface area contributed by atoms with E-state index in [0.717, 1.165) is 4.88 Å². The largest absolute Gasteiger partial charge is 0.326 e. The molecule has 1 aliphatic heterocycles. The number of nitrogens with two attached hydrogens (primary N) is 1. The van der Waals surface area contributed by atoms with Crippen molar-refractivity contribution < 1.29 is 8.42 Å². The molecule has 0 bridgehead atoms. The lowest BCUT2D eigenvalue weighted by Crippen LogP contribution is -2.29. The number of sulfonamides is 1. The first-order chi connectivity index (χ1) is 9.02. The Kier molecular flexibility index (Phi) is 3.77. The second-order valence-electron chi connectivity index (χ2n) is 5.33. The van der Waals surface area contributed by atoms with E-state index in [1.807, 2.05) is 0 Å². The molecule has 0 radical (unpaired) electrons. The quantitative estimate of drug-likeness (QED) is 0.895. The summed E-state index contributed by atoms with van der Waals surface area (Å²) in [6, 6.07) is 1.71. The summed E-state index contributed by atoms with van der Waals surface area (Å²) in [5.74, 6) is 1.14. The number of hydrogen-bond acceptors (Lipinski definition) is 4. The minimum atomic E-state index is -3.36. The third-order valence-corrected chi connectivity index (χ3v) is 8.32. The van der Waals surface area contributed by atoms with Crippen molar-refractivity contribution in [2.24, 2.45) is 17.6 Å². The molecule has 1 saturated carbocycles. The van der Waals surface area contributed by atoms with Crippen LogP contribution in [0.15, 0.2) is 14.7 Å². The average molecular weight is 365 g/mol. The fraction of sp³-hybridized carbons (Fsp3) is 0.667. The number of halogens is 1. The number of rotatable bonds is 3. The van der Waals surface area contributed by atoms with Gasteiger partial charge in [0.25, 0.3) is 0 Å². The zero-order valence-electron chi connectivity index (χ0n) is 10.5. The average Bonchev–Trinajstić information content (AvgIpc) is 3.00. The summed E-state index contributed by atoms with van der Waals surface area (Å²) in [5, 5.41) is 0. The van der Waals surface area contributed by atoms with Crippen molar-refractivity contribution >= 4 is 37.3 Å². The second kappa shape index (κ2) is 5.11. The van der Waals surface area contributed by atoms with Crippen molar-refractivity contribution in [1.82, 2.24) is 4.31 Å². The molecule has 106 valence electrons. The maximum absolute atomic E-state index is 12.7. The molecular formula is C12H17BrN2O2S2. The molecule has 7 heteroatoms. The number of thiophene rings is 1. The van der Waals surface area contributed by atoms with Crippen LogP contribution in [0.2, 0.25) is 0 Å². The first kappa shape index (κ1) is 14.0. The fourth-order valence-electron chi connectivity index (χ4n) is 3.20. The van der Waals surface area contributed by atoms with Crippen LogP contribution < -0.4 is 5.73 Å². The van der Waals surface area contributed by atoms with Gasteiger partial charge in [0, 0.05) is 24.5 Å². The Bertz CT molecular complexity index is 573. The standard InChI is InChI=1S/C12H17BrN2O2S2/c13-12-11(4-10(5-14)18-12)19(16,17)15-6-8-2-1-3-9(8)7-15/h4,8-9H,1-3,5-7,14H2. The van der Waals surface area contributed by atoms with E-state index in [-0.39, 0.29) is 0 Å². The van der Waals surface area contributed by atoms with E-state index in [9.17, 15) is 8.42 Å². The second-order valence-corrected chi connectivity index (χ2v) is 9.69. The summed E-state index contributed by atoms with van der Waals surface area (Å²) in [4.78, 5) is 1.28. The predicted octanol–water partition coefficient (Wildman–Crippen LogP) is 2.39. The predicted molar refractivity (Wildman–Crippen MR) is 79.5 cm³/mol. The van der Waals surface area contributed by atoms with Crippen LogP contribution in [0.25, 0.3) is 0 Å². The maximum atomic E-state index is 12.7. The van der Waals surface area contributed by atoms with E-state index in [4.69, 9.17) is 5.73 Å². The molecule has 3 rings (SSSR count). The fourth-order valence-corrected chi connectivity index (χ4v) is 7.27. The van der Waals surface area contributed by atoms with E-state index in [0.29, 0.717) is 40.2 Å². The van der Waals surface area contributed by atoms with Gasteiger partial charge in [0.2, 0.25) is 10.0 Å². The minimum absolute atomic E-state index is 0.379. The van der Waals surface area contributed by atoms with Crippen molar-refractivity contribution in [3.63, 3.8) is 0 Å². The van der Waals surface area contributed by atoms with E-state index in [2.05, 4.69) is 15.9 Å². The topological polar surface area (TPSA) is 63.4 Å². The van der Waals surface area contributed by atoms with Gasteiger partial charge in [-0.1, -0.05) is 6.42 Å². The van der Waals surface area contributed by atoms with Crippen LogP contribution in [-0.2, 0) is 16.6 Å². The zero-order valence-corrected chi connectivity index (χ0v) is 13.7. The van der Waals surface area contributed by atoms with Gasteiger partial charge in [-0.05, 0) is 46.7 Å². The molecular weight excluding hydrogens is 348 g/mol. The van der Waals surface area contributed by atoms with Gasteiger partial charge in [0.1, 0.15) is 4.90 Å². The first-order valence-corrected chi connectivity index (χ1v) is 9.55. The molecule has 19 heavy (non-hydrogen) atoms. The Balaban J connectivity index is 1.88. The van der Waals surface area contributed by atoms with Crippen molar-refractivity contribution in [2.45, 2.75) is 30.7 Å². The summed E-state index contributed by atoms with van der Waals surface area (Å²) in [6.45, 7) is 1.75. The van der Waals surface area contributed by atoms with Gasteiger partial charge >= 0.3 is 0 Å². The normalized spacial score (nSPS) is 27.9. The van der Waals surface area contributed by atoms with Gasteiger partial charge in [-0.25, -0.2) is 8.42 Å². The lowest BCUT2D eigenvalue weighted by Gasteiger charge is -2.16. The monoisotopic (exact) mass is 364 g/mol. The molecule has 1 aromatic heterocycles. The molecule has 2 unspecified atom stereocenters. The van der Waals surface area contributed by atoms with Crippen molar-refractivity contribution in [3.8, 4) is 0 Å². The Labute approximate surface area is 126 Å². The summed E-state index contributed by atoms with van der Waals surface area (Å²) >= 11 is 4.77. The SMILES string of the molecule is NCc1cc(S(=O)(=O)N2CC3CCCC3C2)c(Br)s1. The van der Waals surface area contributed by atoms with Crippen LogP contribution in [0.4, 0.5) is 0 Å². The smallest absolute Gasteiger partial charge is 0.245 e. The highest BCUT2D eigenvalue weighted by Gasteiger charge is 2.42. The lowest BCUT2D eigenvalue weighted by atomic mass is 10.0. The molecule has 2 fully saturated rings. The van der Waals surface area contributed by atoms with Crippen LogP contribution in [0.5, 0.6) is 0 Å². The Hall–Kier alpha value is 0.0500. The first-order valence-electron chi connectivity index (χ1n) is 6.51. The van der Waals surface area contributed by atoms with Crippen LogP contribution >= 0.6 is 27.3 Å². The molecule has 0 aromatic carbocycles.